The van der Waals surface area contributed by atoms with E-state index in [1.807, 2.05) is 58.0 Å². The summed E-state index contributed by atoms with van der Waals surface area (Å²) < 4.78 is 4.67. The molecule has 0 unspecified atom stereocenters. The highest BCUT2D eigenvalue weighted by Crippen LogP contribution is 2.34. The van der Waals surface area contributed by atoms with Gasteiger partial charge in [0.05, 0.1) is 6.54 Å². The van der Waals surface area contributed by atoms with Gasteiger partial charge in [-0.25, -0.2) is 4.57 Å². The third-order valence-corrected chi connectivity index (χ3v) is 6.56. The number of carbonyl (C=O) groups excluding carboxylic acids is 2. The molecule has 2 amide bonds. The summed E-state index contributed by atoms with van der Waals surface area (Å²) in [5, 5.41) is 6.70. The second kappa shape index (κ2) is 9.75. The highest BCUT2D eigenvalue weighted by Gasteiger charge is 2.32. The Morgan fingerprint density at radius 2 is 1.67 bits per heavy atom. The molecule has 1 aliphatic rings. The Bertz CT molecular complexity index is 1330. The second-order valence-electron chi connectivity index (χ2n) is 7.75. The number of nitrogens with zero attached hydrogens (tertiary/aromatic N) is 4. The maximum atomic E-state index is 13.1. The van der Waals surface area contributed by atoms with Crippen molar-refractivity contribution >= 4 is 50.1 Å². The van der Waals surface area contributed by atoms with Crippen molar-refractivity contribution in [2.75, 3.05) is 6.54 Å². The van der Waals surface area contributed by atoms with Crippen LogP contribution in [0, 0.1) is 0 Å². The molecule has 0 fully saturated rings. The minimum absolute atomic E-state index is 0. The van der Waals surface area contributed by atoms with E-state index in [4.69, 9.17) is 11.6 Å². The number of carbonyl (C=O) groups is 2. The van der Waals surface area contributed by atoms with Gasteiger partial charge in [0, 0.05) is 37.7 Å². The molecule has 0 saturated carbocycles. The lowest BCUT2D eigenvalue weighted by Gasteiger charge is -2.27. The summed E-state index contributed by atoms with van der Waals surface area (Å²) in [5.41, 5.74) is 2.26. The van der Waals surface area contributed by atoms with Crippen molar-refractivity contribution in [1.82, 2.24) is 14.7 Å². The summed E-state index contributed by atoms with van der Waals surface area (Å²) in [6, 6.07) is 16.9. The first-order valence-electron chi connectivity index (χ1n) is 10.2. The van der Waals surface area contributed by atoms with Crippen LogP contribution in [0.25, 0.3) is 10.8 Å². The summed E-state index contributed by atoms with van der Waals surface area (Å²) in [6.45, 7) is 1.62. The predicted octanol–water partition coefficient (Wildman–Crippen LogP) is 1.48. The summed E-state index contributed by atoms with van der Waals surface area (Å²) in [6.07, 6.45) is 4.30. The van der Waals surface area contributed by atoms with E-state index in [0.29, 0.717) is 42.2 Å². The van der Waals surface area contributed by atoms with Crippen LogP contribution in [-0.4, -0.2) is 33.0 Å². The van der Waals surface area contributed by atoms with Crippen LogP contribution < -0.4 is 21.5 Å². The maximum absolute atomic E-state index is 13.1. The zero-order valence-corrected chi connectivity index (χ0v) is 21.3. The van der Waals surface area contributed by atoms with E-state index in [0.717, 1.165) is 20.8 Å². The molecule has 0 aliphatic carbocycles. The Hall–Kier alpha value is -2.55. The minimum atomic E-state index is -0.246. The van der Waals surface area contributed by atoms with Crippen molar-refractivity contribution < 1.29 is 31.1 Å². The van der Waals surface area contributed by atoms with Crippen LogP contribution in [0.15, 0.2) is 71.7 Å². The number of amides is 2. The number of aryl methyl sites for hydroxylation is 1. The van der Waals surface area contributed by atoms with Crippen molar-refractivity contribution in [3.63, 3.8) is 0 Å². The van der Waals surface area contributed by atoms with Gasteiger partial charge in [0.25, 0.3) is 18.1 Å². The van der Waals surface area contributed by atoms with Gasteiger partial charge in [-0.3, -0.25) is 14.5 Å². The van der Waals surface area contributed by atoms with Crippen LogP contribution in [0.5, 0.6) is 0 Å². The number of aromatic nitrogens is 3. The molecule has 0 saturated heterocycles. The smallest absolute Gasteiger partial charge is 0.265 e. The van der Waals surface area contributed by atoms with E-state index in [1.165, 1.54) is 4.90 Å². The van der Waals surface area contributed by atoms with Crippen LogP contribution in [0.1, 0.15) is 32.7 Å². The number of halogens is 3. The molecular weight excluding hydrogens is 572 g/mol. The molecule has 9 heteroatoms. The zero-order chi connectivity index (χ0) is 22.2. The van der Waals surface area contributed by atoms with Crippen molar-refractivity contribution in [2.45, 2.75) is 19.5 Å². The third-order valence-electron chi connectivity index (χ3n) is 5.62. The van der Waals surface area contributed by atoms with Crippen molar-refractivity contribution in [3.8, 4) is 0 Å². The summed E-state index contributed by atoms with van der Waals surface area (Å²) in [5.74, 6) is -0.492. The highest BCUT2D eigenvalue weighted by molar-refractivity contribution is 9.10. The Morgan fingerprint density at radius 3 is 2.42 bits per heavy atom. The first-order chi connectivity index (χ1) is 15.5. The maximum Gasteiger partial charge on any atom is 0.265 e. The first kappa shape index (κ1) is 23.6. The Morgan fingerprint density at radius 1 is 0.939 bits per heavy atom. The fourth-order valence-electron chi connectivity index (χ4n) is 4.07. The first-order valence-corrected chi connectivity index (χ1v) is 11.4. The van der Waals surface area contributed by atoms with Gasteiger partial charge in [0.1, 0.15) is 6.54 Å². The SMILES string of the molecule is O=C1c2cccc3c(Br)ccc(c23)C(=O)N1CCCn1c[n+](Cc2ccc(Cl)cc2)cn1.[Br-]. The predicted molar refractivity (Wildman–Crippen MR) is 125 cm³/mol. The molecule has 0 N–H and O–H groups in total. The lowest BCUT2D eigenvalue weighted by molar-refractivity contribution is -0.689. The van der Waals surface area contributed by atoms with Crippen LogP contribution in [0.2, 0.25) is 5.02 Å². The van der Waals surface area contributed by atoms with Gasteiger partial charge in [0.2, 0.25) is 6.33 Å². The molecule has 5 rings (SSSR count). The summed E-state index contributed by atoms with van der Waals surface area (Å²) in [4.78, 5) is 27.4. The van der Waals surface area contributed by atoms with Gasteiger partial charge >= 0.3 is 0 Å². The second-order valence-corrected chi connectivity index (χ2v) is 9.04. The minimum Gasteiger partial charge on any atom is -1.00 e. The lowest BCUT2D eigenvalue weighted by atomic mass is 9.94. The van der Waals surface area contributed by atoms with Gasteiger partial charge in [-0.05, 0) is 47.7 Å². The average Bonchev–Trinajstić information content (AvgIpc) is 3.24. The standard InChI is InChI=1S/C24H19BrClN4O2.BrH/c25-21-10-9-20-22-18(21)3-1-4-19(22)23(31)30(24(20)32)12-2-11-29-15-28(14-27-29)13-16-5-7-17(26)8-6-16;/h1,3-10,14-15H,2,11-13H2;1H/q+1;/p-1. The molecule has 0 atom stereocenters. The monoisotopic (exact) mass is 588 g/mol. The molecule has 4 aromatic rings. The number of hydrogen-bond donors (Lipinski definition) is 0. The molecule has 0 radical (unpaired) electrons. The fraction of sp³-hybridized carbons (Fsp3) is 0.167. The summed E-state index contributed by atoms with van der Waals surface area (Å²) >= 11 is 9.45. The molecule has 168 valence electrons. The van der Waals surface area contributed by atoms with Crippen LogP contribution >= 0.6 is 27.5 Å². The Kier molecular flexibility index (Phi) is 6.97. The van der Waals surface area contributed by atoms with Crippen molar-refractivity contribution in [1.29, 1.82) is 0 Å². The lowest BCUT2D eigenvalue weighted by Crippen LogP contribution is -3.00. The quantitative estimate of drug-likeness (QED) is 0.253. The van der Waals surface area contributed by atoms with Gasteiger partial charge in [0.15, 0.2) is 0 Å². The average molecular weight is 591 g/mol. The van der Waals surface area contributed by atoms with E-state index in [-0.39, 0.29) is 28.8 Å². The number of imide groups is 1. The molecule has 0 bridgehead atoms. The number of rotatable bonds is 6. The van der Waals surface area contributed by atoms with Gasteiger partial charge in [-0.15, -0.1) is 4.68 Å². The van der Waals surface area contributed by atoms with Gasteiger partial charge in [-0.1, -0.05) is 51.8 Å². The van der Waals surface area contributed by atoms with E-state index in [2.05, 4.69) is 21.0 Å². The number of benzene rings is 3. The van der Waals surface area contributed by atoms with E-state index >= 15 is 0 Å². The van der Waals surface area contributed by atoms with Crippen molar-refractivity contribution in [2.24, 2.45) is 0 Å². The molecule has 0 spiro atoms. The number of hydrogen-bond acceptors (Lipinski definition) is 3. The molecular formula is C24H19Br2ClN4O2. The molecule has 6 nitrogen and oxygen atoms in total. The largest absolute Gasteiger partial charge is 1.00 e. The molecule has 1 aromatic heterocycles. The molecule has 3 aromatic carbocycles. The normalized spacial score (nSPS) is 12.8. The third kappa shape index (κ3) is 4.60. The topological polar surface area (TPSA) is 59.1 Å². The molecule has 2 heterocycles. The van der Waals surface area contributed by atoms with Crippen LogP contribution in [-0.2, 0) is 13.1 Å². The summed E-state index contributed by atoms with van der Waals surface area (Å²) in [7, 11) is 0. The van der Waals surface area contributed by atoms with Crippen LogP contribution in [0.4, 0.5) is 0 Å². The van der Waals surface area contributed by atoms with E-state index in [9.17, 15) is 9.59 Å². The Labute approximate surface area is 214 Å². The Balaban J connectivity index is 0.00000259. The van der Waals surface area contributed by atoms with Crippen LogP contribution in [0.3, 0.4) is 0 Å². The fourth-order valence-corrected chi connectivity index (χ4v) is 4.65. The molecule has 33 heavy (non-hydrogen) atoms. The van der Waals surface area contributed by atoms with Gasteiger partial charge < -0.3 is 17.0 Å². The zero-order valence-electron chi connectivity index (χ0n) is 17.4. The molecule has 1 aliphatic heterocycles. The van der Waals surface area contributed by atoms with E-state index in [1.54, 1.807) is 18.5 Å². The van der Waals surface area contributed by atoms with E-state index < -0.39 is 0 Å². The van der Waals surface area contributed by atoms with Gasteiger partial charge in [-0.2, -0.15) is 0 Å². The highest BCUT2D eigenvalue weighted by atomic mass is 79.9. The van der Waals surface area contributed by atoms with Crippen molar-refractivity contribution in [3.05, 3.63) is 93.4 Å².